The van der Waals surface area contributed by atoms with Crippen molar-refractivity contribution in [3.63, 3.8) is 0 Å². The summed E-state index contributed by atoms with van der Waals surface area (Å²) in [6.07, 6.45) is 1.19. The van der Waals surface area contributed by atoms with Gasteiger partial charge in [0.25, 0.3) is 5.91 Å². The van der Waals surface area contributed by atoms with Gasteiger partial charge in [-0.2, -0.15) is 0 Å². The molecule has 0 aromatic heterocycles. The number of rotatable bonds is 6. The molecule has 0 spiro atoms. The Hall–Kier alpha value is -3.15. The molecule has 27 heavy (non-hydrogen) atoms. The van der Waals surface area contributed by atoms with Crippen molar-refractivity contribution in [1.82, 2.24) is 10.2 Å². The average Bonchev–Trinajstić information content (AvgIpc) is 2.94. The fourth-order valence-electron chi connectivity index (χ4n) is 3.41. The van der Waals surface area contributed by atoms with Gasteiger partial charge in [0.15, 0.2) is 0 Å². The number of likely N-dealkylation sites (N-methyl/N-ethyl adjacent to an activating group) is 1. The first-order valence-electron chi connectivity index (χ1n) is 9.01. The average molecular weight is 365 g/mol. The molecule has 1 aliphatic rings. The molecule has 2 aromatic rings. The van der Waals surface area contributed by atoms with Gasteiger partial charge in [-0.15, -0.1) is 0 Å². The molecular formula is C21H23N3O3. The summed E-state index contributed by atoms with van der Waals surface area (Å²) >= 11 is 0. The van der Waals surface area contributed by atoms with Gasteiger partial charge in [0.05, 0.1) is 0 Å². The summed E-state index contributed by atoms with van der Waals surface area (Å²) in [4.78, 5) is 40.9. The summed E-state index contributed by atoms with van der Waals surface area (Å²) in [6.45, 7) is 1.66. The predicted molar refractivity (Wildman–Crippen MR) is 103 cm³/mol. The Balaban J connectivity index is 1.84. The molecule has 0 radical (unpaired) electrons. The predicted octanol–water partition coefficient (Wildman–Crippen LogP) is 2.90. The molecule has 0 bridgehead atoms. The van der Waals surface area contributed by atoms with Crippen molar-refractivity contribution in [2.24, 2.45) is 0 Å². The van der Waals surface area contributed by atoms with E-state index in [4.69, 9.17) is 0 Å². The zero-order valence-corrected chi connectivity index (χ0v) is 15.5. The molecule has 1 N–H and O–H groups in total. The second kappa shape index (κ2) is 7.61. The Morgan fingerprint density at radius 3 is 2.22 bits per heavy atom. The lowest BCUT2D eigenvalue weighted by Crippen LogP contribution is -2.45. The van der Waals surface area contributed by atoms with Crippen LogP contribution in [-0.2, 0) is 15.1 Å². The Morgan fingerprint density at radius 2 is 1.63 bits per heavy atom. The molecule has 2 aromatic carbocycles. The normalized spacial score (nSPS) is 19.1. The molecule has 6 heteroatoms. The highest BCUT2D eigenvalue weighted by Gasteiger charge is 2.52. The number of amides is 4. The lowest BCUT2D eigenvalue weighted by Gasteiger charge is -2.27. The topological polar surface area (TPSA) is 69.7 Å². The molecule has 0 saturated carbocycles. The fourth-order valence-corrected chi connectivity index (χ4v) is 3.41. The first-order chi connectivity index (χ1) is 13.0. The molecule has 1 atom stereocenters. The zero-order chi connectivity index (χ0) is 19.4. The van der Waals surface area contributed by atoms with E-state index in [0.29, 0.717) is 18.5 Å². The summed E-state index contributed by atoms with van der Waals surface area (Å²) < 4.78 is 0. The summed E-state index contributed by atoms with van der Waals surface area (Å²) in [5, 5.41) is 2.84. The van der Waals surface area contributed by atoms with Crippen molar-refractivity contribution >= 4 is 23.5 Å². The Kier molecular flexibility index (Phi) is 5.26. The summed E-state index contributed by atoms with van der Waals surface area (Å²) in [5.74, 6) is -0.708. The van der Waals surface area contributed by atoms with E-state index >= 15 is 0 Å². The van der Waals surface area contributed by atoms with Crippen LogP contribution < -0.4 is 10.2 Å². The van der Waals surface area contributed by atoms with Crippen LogP contribution in [0, 0.1) is 0 Å². The second-order valence-corrected chi connectivity index (χ2v) is 6.63. The third-order valence-electron chi connectivity index (χ3n) is 4.88. The van der Waals surface area contributed by atoms with E-state index in [-0.39, 0.29) is 18.4 Å². The van der Waals surface area contributed by atoms with Gasteiger partial charge in [-0.05, 0) is 24.1 Å². The molecule has 1 fully saturated rings. The lowest BCUT2D eigenvalue weighted by molar-refractivity contribution is -0.134. The summed E-state index contributed by atoms with van der Waals surface area (Å²) in [6, 6.07) is 17.8. The van der Waals surface area contributed by atoms with Crippen molar-refractivity contribution < 1.29 is 14.4 Å². The number of hydrogen-bond donors (Lipinski definition) is 1. The molecule has 1 heterocycles. The minimum atomic E-state index is -1.11. The van der Waals surface area contributed by atoms with E-state index in [1.807, 2.05) is 55.5 Å². The number of carbonyl (C=O) groups is 3. The number of hydrogen-bond acceptors (Lipinski definition) is 3. The van der Waals surface area contributed by atoms with Gasteiger partial charge in [-0.25, -0.2) is 4.79 Å². The van der Waals surface area contributed by atoms with E-state index in [1.54, 1.807) is 19.2 Å². The highest BCUT2D eigenvalue weighted by atomic mass is 16.2. The molecule has 1 saturated heterocycles. The van der Waals surface area contributed by atoms with E-state index in [2.05, 4.69) is 5.32 Å². The minimum Gasteiger partial charge on any atom is -0.319 e. The van der Waals surface area contributed by atoms with Crippen LogP contribution >= 0.6 is 0 Å². The van der Waals surface area contributed by atoms with Crippen LogP contribution in [0.15, 0.2) is 60.7 Å². The number of carbonyl (C=O) groups excluding carboxylic acids is 3. The van der Waals surface area contributed by atoms with Crippen LogP contribution in [0.5, 0.6) is 0 Å². The van der Waals surface area contributed by atoms with Crippen molar-refractivity contribution in [3.8, 4) is 0 Å². The number of imide groups is 1. The van der Waals surface area contributed by atoms with Crippen LogP contribution in [0.4, 0.5) is 10.5 Å². The van der Waals surface area contributed by atoms with Gasteiger partial charge < -0.3 is 10.2 Å². The van der Waals surface area contributed by atoms with Gasteiger partial charge >= 0.3 is 6.03 Å². The number of benzene rings is 2. The van der Waals surface area contributed by atoms with Crippen LogP contribution in [0.2, 0.25) is 0 Å². The smallest absolute Gasteiger partial charge is 0.319 e. The summed E-state index contributed by atoms with van der Waals surface area (Å²) in [7, 11) is 1.63. The third-order valence-corrected chi connectivity index (χ3v) is 4.88. The Bertz CT molecular complexity index is 838. The van der Waals surface area contributed by atoms with Crippen molar-refractivity contribution in [1.29, 1.82) is 0 Å². The van der Waals surface area contributed by atoms with Crippen molar-refractivity contribution in [3.05, 3.63) is 66.2 Å². The van der Waals surface area contributed by atoms with E-state index in [1.165, 1.54) is 4.90 Å². The first-order valence-corrected chi connectivity index (χ1v) is 9.01. The molecule has 6 nitrogen and oxygen atoms in total. The SMILES string of the molecule is CCC[C@]1(c2ccccc2)NC(=O)N(CC(=O)N(C)c2ccccc2)C1=O. The monoisotopic (exact) mass is 365 g/mol. The van der Waals surface area contributed by atoms with Crippen LogP contribution in [0.1, 0.15) is 25.3 Å². The van der Waals surface area contributed by atoms with Crippen LogP contribution in [0.3, 0.4) is 0 Å². The van der Waals surface area contributed by atoms with Crippen LogP contribution in [-0.4, -0.2) is 36.3 Å². The molecule has 1 aliphatic heterocycles. The fraction of sp³-hybridized carbons (Fsp3) is 0.286. The Morgan fingerprint density at radius 1 is 1.04 bits per heavy atom. The zero-order valence-electron chi connectivity index (χ0n) is 15.5. The summed E-state index contributed by atoms with van der Waals surface area (Å²) in [5.41, 5.74) is 0.326. The molecule has 4 amide bonds. The van der Waals surface area contributed by atoms with Crippen molar-refractivity contribution in [2.45, 2.75) is 25.3 Å². The number of nitrogens with one attached hydrogen (secondary N) is 1. The Labute approximate surface area is 158 Å². The molecule has 140 valence electrons. The largest absolute Gasteiger partial charge is 0.325 e. The van der Waals surface area contributed by atoms with Gasteiger partial charge in [0, 0.05) is 12.7 Å². The highest BCUT2D eigenvalue weighted by Crippen LogP contribution is 2.33. The minimum absolute atomic E-state index is 0.297. The maximum atomic E-state index is 13.2. The second-order valence-electron chi connectivity index (χ2n) is 6.63. The molecular weight excluding hydrogens is 342 g/mol. The number of nitrogens with zero attached hydrogens (tertiary/aromatic N) is 2. The standard InChI is InChI=1S/C21H23N3O3/c1-3-14-21(16-10-6-4-7-11-16)19(26)24(20(27)22-21)15-18(25)23(2)17-12-8-5-9-13-17/h4-13H,3,14-15H2,1-2H3,(H,22,27)/t21-/m1/s1. The van der Waals surface area contributed by atoms with Gasteiger partial charge in [-0.3, -0.25) is 14.5 Å². The van der Waals surface area contributed by atoms with Crippen molar-refractivity contribution in [2.75, 3.05) is 18.5 Å². The quantitative estimate of drug-likeness (QED) is 0.800. The van der Waals surface area contributed by atoms with Gasteiger partial charge in [0.2, 0.25) is 5.91 Å². The highest BCUT2D eigenvalue weighted by molar-refractivity contribution is 6.10. The molecule has 0 aliphatic carbocycles. The molecule has 3 rings (SSSR count). The lowest BCUT2D eigenvalue weighted by atomic mass is 9.85. The van der Waals surface area contributed by atoms with E-state index in [9.17, 15) is 14.4 Å². The van der Waals surface area contributed by atoms with Crippen LogP contribution in [0.25, 0.3) is 0 Å². The number of para-hydroxylation sites is 1. The van der Waals surface area contributed by atoms with Gasteiger partial charge in [-0.1, -0.05) is 61.9 Å². The van der Waals surface area contributed by atoms with E-state index < -0.39 is 11.6 Å². The number of urea groups is 1. The first kappa shape index (κ1) is 18.6. The third kappa shape index (κ3) is 3.43. The van der Waals surface area contributed by atoms with Gasteiger partial charge in [0.1, 0.15) is 12.1 Å². The number of anilines is 1. The maximum absolute atomic E-state index is 13.2. The maximum Gasteiger partial charge on any atom is 0.325 e. The van der Waals surface area contributed by atoms with E-state index in [0.717, 1.165) is 10.5 Å². The molecule has 0 unspecified atom stereocenters.